The molecule has 3 heterocycles. The topological polar surface area (TPSA) is 84.7 Å². The van der Waals surface area contributed by atoms with Gasteiger partial charge in [0.1, 0.15) is 22.0 Å². The number of morpholine rings is 1. The molecule has 0 bridgehead atoms. The third-order valence-electron chi connectivity index (χ3n) is 5.36. The van der Waals surface area contributed by atoms with Gasteiger partial charge >= 0.3 is 0 Å². The van der Waals surface area contributed by atoms with Crippen LogP contribution in [0.3, 0.4) is 0 Å². The van der Waals surface area contributed by atoms with Crippen LogP contribution in [-0.2, 0) is 4.74 Å². The fraction of sp³-hybridized carbons (Fsp3) is 0.208. The van der Waals surface area contributed by atoms with Gasteiger partial charge in [-0.1, -0.05) is 42.0 Å². The Morgan fingerprint density at radius 2 is 1.81 bits per heavy atom. The number of rotatable bonds is 4. The Balaban J connectivity index is 1.45. The SMILES string of the molecule is Cc1ccc(-c2nc(C(=O)Nc3c(C(=O)N4CCOCC4)oc4ccccc34)cs2)cc1. The summed E-state index contributed by atoms with van der Waals surface area (Å²) in [6.45, 7) is 3.95. The molecule has 1 saturated heterocycles. The Labute approximate surface area is 188 Å². The average Bonchev–Trinajstić information content (AvgIpc) is 3.46. The molecule has 7 nitrogen and oxygen atoms in total. The third-order valence-corrected chi connectivity index (χ3v) is 6.25. The van der Waals surface area contributed by atoms with Crippen LogP contribution in [0.2, 0.25) is 0 Å². The fourth-order valence-corrected chi connectivity index (χ4v) is 4.42. The van der Waals surface area contributed by atoms with Crippen molar-refractivity contribution in [2.75, 3.05) is 31.6 Å². The van der Waals surface area contributed by atoms with Crippen molar-refractivity contribution in [1.29, 1.82) is 0 Å². The molecule has 1 N–H and O–H groups in total. The van der Waals surface area contributed by atoms with Crippen molar-refractivity contribution in [3.8, 4) is 10.6 Å². The number of benzene rings is 2. The first-order chi connectivity index (χ1) is 15.6. The Morgan fingerprint density at radius 1 is 1.06 bits per heavy atom. The number of carbonyl (C=O) groups excluding carboxylic acids is 2. The highest BCUT2D eigenvalue weighted by atomic mass is 32.1. The quantitative estimate of drug-likeness (QED) is 0.495. The summed E-state index contributed by atoms with van der Waals surface area (Å²) in [7, 11) is 0. The maximum atomic E-state index is 13.1. The highest BCUT2D eigenvalue weighted by molar-refractivity contribution is 7.13. The molecule has 8 heteroatoms. The van der Waals surface area contributed by atoms with Gasteiger partial charge < -0.3 is 19.4 Å². The van der Waals surface area contributed by atoms with Crippen LogP contribution >= 0.6 is 11.3 Å². The van der Waals surface area contributed by atoms with Gasteiger partial charge in [-0.3, -0.25) is 9.59 Å². The molecule has 0 radical (unpaired) electrons. The zero-order valence-corrected chi connectivity index (χ0v) is 18.3. The fourth-order valence-electron chi connectivity index (χ4n) is 3.61. The third kappa shape index (κ3) is 3.90. The number of furan rings is 1. The molecule has 1 aliphatic heterocycles. The number of aromatic nitrogens is 1. The Bertz CT molecular complexity index is 1290. The number of para-hydroxylation sites is 1. The van der Waals surface area contributed by atoms with Crippen LogP contribution in [0.15, 0.2) is 58.3 Å². The first-order valence-corrected chi connectivity index (χ1v) is 11.2. The summed E-state index contributed by atoms with van der Waals surface area (Å²) in [6, 6.07) is 15.3. The first-order valence-electron chi connectivity index (χ1n) is 10.3. The molecule has 0 atom stereocenters. The number of carbonyl (C=O) groups is 2. The van der Waals surface area contributed by atoms with Crippen LogP contribution < -0.4 is 5.32 Å². The van der Waals surface area contributed by atoms with Gasteiger partial charge in [-0.15, -0.1) is 11.3 Å². The average molecular weight is 448 g/mol. The molecule has 1 fully saturated rings. The summed E-state index contributed by atoms with van der Waals surface area (Å²) < 4.78 is 11.2. The van der Waals surface area contributed by atoms with Crippen molar-refractivity contribution in [3.05, 3.63) is 70.9 Å². The van der Waals surface area contributed by atoms with Gasteiger partial charge in [-0.2, -0.15) is 0 Å². The van der Waals surface area contributed by atoms with Crippen LogP contribution in [0, 0.1) is 6.92 Å². The first kappa shape index (κ1) is 20.4. The van der Waals surface area contributed by atoms with E-state index in [1.807, 2.05) is 49.4 Å². The van der Waals surface area contributed by atoms with E-state index in [1.54, 1.807) is 16.3 Å². The monoisotopic (exact) mass is 447 g/mol. The van der Waals surface area contributed by atoms with Gasteiger partial charge in [0, 0.05) is 29.4 Å². The standard InChI is InChI=1S/C24H21N3O4S/c1-15-6-8-16(9-7-15)23-25-18(14-32-23)22(28)26-20-17-4-2-3-5-19(17)31-21(20)24(29)27-10-12-30-13-11-27/h2-9,14H,10-13H2,1H3,(H,26,28). The van der Waals surface area contributed by atoms with Crippen LogP contribution in [-0.4, -0.2) is 48.0 Å². The minimum absolute atomic E-state index is 0.121. The molecule has 2 aromatic carbocycles. The minimum atomic E-state index is -0.387. The summed E-state index contributed by atoms with van der Waals surface area (Å²) in [4.78, 5) is 32.4. The van der Waals surface area contributed by atoms with Crippen LogP contribution in [0.4, 0.5) is 5.69 Å². The second-order valence-corrected chi connectivity index (χ2v) is 8.42. The summed E-state index contributed by atoms with van der Waals surface area (Å²) >= 11 is 1.40. The van der Waals surface area contributed by atoms with E-state index in [4.69, 9.17) is 9.15 Å². The molecule has 0 spiro atoms. The number of amides is 2. The molecule has 2 aromatic heterocycles. The van der Waals surface area contributed by atoms with E-state index in [1.165, 1.54) is 11.3 Å². The largest absolute Gasteiger partial charge is 0.449 e. The number of fused-ring (bicyclic) bond motifs is 1. The van der Waals surface area contributed by atoms with Crippen LogP contribution in [0.5, 0.6) is 0 Å². The van der Waals surface area contributed by atoms with E-state index in [0.29, 0.717) is 48.7 Å². The second-order valence-electron chi connectivity index (χ2n) is 7.56. The van der Waals surface area contributed by atoms with E-state index in [-0.39, 0.29) is 17.6 Å². The molecule has 5 rings (SSSR count). The van der Waals surface area contributed by atoms with E-state index < -0.39 is 0 Å². The summed E-state index contributed by atoms with van der Waals surface area (Å²) in [6.07, 6.45) is 0. The molecule has 0 unspecified atom stereocenters. The molecule has 0 aliphatic carbocycles. The van der Waals surface area contributed by atoms with E-state index in [0.717, 1.165) is 16.1 Å². The second kappa shape index (κ2) is 8.57. The maximum absolute atomic E-state index is 13.1. The van der Waals surface area contributed by atoms with Gasteiger partial charge in [-0.05, 0) is 19.1 Å². The molecule has 0 saturated carbocycles. The van der Waals surface area contributed by atoms with Crippen LogP contribution in [0.1, 0.15) is 26.6 Å². The number of thiazole rings is 1. The smallest absolute Gasteiger partial charge is 0.291 e. The lowest BCUT2D eigenvalue weighted by Gasteiger charge is -2.26. The van der Waals surface area contributed by atoms with Crippen molar-refractivity contribution >= 4 is 39.8 Å². The van der Waals surface area contributed by atoms with Gasteiger partial charge in [0.05, 0.1) is 13.2 Å². The van der Waals surface area contributed by atoms with Crippen molar-refractivity contribution in [3.63, 3.8) is 0 Å². The number of nitrogens with one attached hydrogen (secondary N) is 1. The lowest BCUT2D eigenvalue weighted by molar-refractivity contribution is 0.0285. The number of anilines is 1. The van der Waals surface area contributed by atoms with Crippen LogP contribution in [0.25, 0.3) is 21.5 Å². The maximum Gasteiger partial charge on any atom is 0.291 e. The van der Waals surface area contributed by atoms with Gasteiger partial charge in [0.15, 0.2) is 0 Å². The predicted molar refractivity (Wildman–Crippen MR) is 123 cm³/mol. The lowest BCUT2D eigenvalue weighted by Crippen LogP contribution is -2.40. The zero-order chi connectivity index (χ0) is 22.1. The minimum Gasteiger partial charge on any atom is -0.449 e. The zero-order valence-electron chi connectivity index (χ0n) is 17.5. The van der Waals surface area contributed by atoms with Gasteiger partial charge in [-0.25, -0.2) is 4.98 Å². The van der Waals surface area contributed by atoms with E-state index >= 15 is 0 Å². The normalized spacial score (nSPS) is 14.0. The van der Waals surface area contributed by atoms with E-state index in [9.17, 15) is 9.59 Å². The van der Waals surface area contributed by atoms with Gasteiger partial charge in [0.2, 0.25) is 5.76 Å². The highest BCUT2D eigenvalue weighted by Gasteiger charge is 2.28. The molecule has 4 aromatic rings. The molecular formula is C24H21N3O4S. The molecule has 32 heavy (non-hydrogen) atoms. The summed E-state index contributed by atoms with van der Waals surface area (Å²) in [5.74, 6) is -0.531. The number of aryl methyl sites for hydroxylation is 1. The molecule has 2 amide bonds. The number of hydrogen-bond acceptors (Lipinski definition) is 6. The Kier molecular flexibility index (Phi) is 5.46. The molecule has 1 aliphatic rings. The number of nitrogens with zero attached hydrogens (tertiary/aromatic N) is 2. The van der Waals surface area contributed by atoms with Crippen molar-refractivity contribution < 1.29 is 18.7 Å². The van der Waals surface area contributed by atoms with Gasteiger partial charge in [0.25, 0.3) is 11.8 Å². The number of ether oxygens (including phenoxy) is 1. The summed E-state index contributed by atoms with van der Waals surface area (Å²) in [5.41, 5.74) is 3.31. The van der Waals surface area contributed by atoms with E-state index in [2.05, 4.69) is 10.3 Å². The van der Waals surface area contributed by atoms with Crippen molar-refractivity contribution in [2.45, 2.75) is 6.92 Å². The molecular weight excluding hydrogens is 426 g/mol. The van der Waals surface area contributed by atoms with Crippen molar-refractivity contribution in [1.82, 2.24) is 9.88 Å². The lowest BCUT2D eigenvalue weighted by atomic mass is 10.2. The highest BCUT2D eigenvalue weighted by Crippen LogP contribution is 2.33. The molecule has 162 valence electrons. The predicted octanol–water partition coefficient (Wildman–Crippen LogP) is 4.59. The summed E-state index contributed by atoms with van der Waals surface area (Å²) in [5, 5.41) is 6.03. The Hall–Kier alpha value is -3.49. The van der Waals surface area contributed by atoms with Crippen molar-refractivity contribution in [2.24, 2.45) is 0 Å². The number of hydrogen-bond donors (Lipinski definition) is 1. The Morgan fingerprint density at radius 3 is 2.59 bits per heavy atom.